The first-order valence-corrected chi connectivity index (χ1v) is 8.85. The highest BCUT2D eigenvalue weighted by atomic mass is 127. The molecule has 0 heterocycles. The highest BCUT2D eigenvalue weighted by molar-refractivity contribution is 14.0. The van der Waals surface area contributed by atoms with Crippen LogP contribution in [-0.2, 0) is 13.1 Å². The number of rotatable bonds is 7. The number of hydrogen-bond acceptors (Lipinski definition) is 4. The number of halogens is 2. The second-order valence-electron chi connectivity index (χ2n) is 5.88. The van der Waals surface area contributed by atoms with Crippen LogP contribution in [0.5, 0.6) is 17.2 Å². The monoisotopic (exact) mass is 519 g/mol. The van der Waals surface area contributed by atoms with Gasteiger partial charge in [-0.25, -0.2) is 0 Å². The van der Waals surface area contributed by atoms with Crippen LogP contribution in [-0.4, -0.2) is 46.3 Å². The highest BCUT2D eigenvalue weighted by Gasteiger charge is 2.14. The third-order valence-corrected chi connectivity index (χ3v) is 4.48. The van der Waals surface area contributed by atoms with Gasteiger partial charge >= 0.3 is 0 Å². The topological polar surface area (TPSA) is 55.3 Å². The van der Waals surface area contributed by atoms with Gasteiger partial charge in [0.15, 0.2) is 17.5 Å². The summed E-state index contributed by atoms with van der Waals surface area (Å²) < 4.78 is 16.2. The van der Waals surface area contributed by atoms with E-state index in [9.17, 15) is 0 Å². The van der Waals surface area contributed by atoms with E-state index in [1.54, 1.807) is 28.4 Å². The zero-order valence-corrected chi connectivity index (χ0v) is 19.9. The van der Waals surface area contributed by atoms with Gasteiger partial charge in [0.1, 0.15) is 0 Å². The first-order valence-electron chi connectivity index (χ1n) is 8.48. The van der Waals surface area contributed by atoms with Crippen LogP contribution in [0.25, 0.3) is 0 Å². The molecule has 2 aromatic rings. The molecule has 0 atom stereocenters. The van der Waals surface area contributed by atoms with E-state index >= 15 is 0 Å². The first kappa shape index (κ1) is 24.2. The summed E-state index contributed by atoms with van der Waals surface area (Å²) in [7, 11) is 8.51. The van der Waals surface area contributed by atoms with Gasteiger partial charge in [-0.2, -0.15) is 0 Å². The average molecular weight is 520 g/mol. The first-order chi connectivity index (χ1) is 13.0. The quantitative estimate of drug-likeness (QED) is 0.338. The minimum Gasteiger partial charge on any atom is -0.493 e. The summed E-state index contributed by atoms with van der Waals surface area (Å²) in [4.78, 5) is 6.36. The van der Waals surface area contributed by atoms with E-state index in [1.807, 2.05) is 48.3 Å². The number of hydrogen-bond donors (Lipinski definition) is 1. The zero-order chi connectivity index (χ0) is 19.8. The van der Waals surface area contributed by atoms with Crippen molar-refractivity contribution in [2.75, 3.05) is 35.4 Å². The fourth-order valence-electron chi connectivity index (χ4n) is 2.76. The smallest absolute Gasteiger partial charge is 0.203 e. The number of aliphatic imine (C=N–C) groups is 1. The molecule has 0 aliphatic heterocycles. The van der Waals surface area contributed by atoms with E-state index < -0.39 is 0 Å². The summed E-state index contributed by atoms with van der Waals surface area (Å²) in [5.41, 5.74) is 2.02. The van der Waals surface area contributed by atoms with Gasteiger partial charge in [-0.1, -0.05) is 29.8 Å². The summed E-state index contributed by atoms with van der Waals surface area (Å²) in [6.45, 7) is 1.20. The molecular weight excluding hydrogens is 493 g/mol. The molecule has 0 unspecified atom stereocenters. The van der Waals surface area contributed by atoms with Gasteiger partial charge < -0.3 is 24.4 Å². The average Bonchev–Trinajstić information content (AvgIpc) is 2.69. The van der Waals surface area contributed by atoms with Crippen molar-refractivity contribution in [2.45, 2.75) is 13.1 Å². The molecule has 0 aromatic heterocycles. The predicted octanol–water partition coefficient (Wildman–Crippen LogP) is 4.19. The van der Waals surface area contributed by atoms with Crippen molar-refractivity contribution in [2.24, 2.45) is 4.99 Å². The lowest BCUT2D eigenvalue weighted by Crippen LogP contribution is -2.38. The molecule has 154 valence electrons. The summed E-state index contributed by atoms with van der Waals surface area (Å²) in [5.74, 6) is 2.56. The summed E-state index contributed by atoms with van der Waals surface area (Å²) >= 11 is 6.26. The van der Waals surface area contributed by atoms with Crippen LogP contribution in [0.4, 0.5) is 0 Å². The molecular formula is C20H27ClIN3O3. The normalized spacial score (nSPS) is 10.7. The maximum atomic E-state index is 6.26. The lowest BCUT2D eigenvalue weighted by molar-refractivity contribution is 0.323. The van der Waals surface area contributed by atoms with Gasteiger partial charge in [0, 0.05) is 32.2 Å². The largest absolute Gasteiger partial charge is 0.493 e. The standard InChI is InChI=1S/C20H26ClN3O3.HI/c1-22-20(24(2)13-15-8-6-7-9-16(15)21)23-12-14-10-17(25-3)19(27-5)18(11-14)26-4;/h6-11H,12-13H2,1-5H3,(H,22,23);1H. The number of ether oxygens (including phenoxy) is 3. The highest BCUT2D eigenvalue weighted by Crippen LogP contribution is 2.38. The molecule has 2 rings (SSSR count). The number of guanidine groups is 1. The Morgan fingerprint density at radius 3 is 2.18 bits per heavy atom. The van der Waals surface area contributed by atoms with E-state index in [-0.39, 0.29) is 24.0 Å². The van der Waals surface area contributed by atoms with E-state index in [0.717, 1.165) is 22.1 Å². The second kappa shape index (κ2) is 11.9. The Bertz CT molecular complexity index is 777. The molecule has 2 aromatic carbocycles. The fraction of sp³-hybridized carbons (Fsp3) is 0.350. The summed E-state index contributed by atoms with van der Waals surface area (Å²) in [6, 6.07) is 11.6. The van der Waals surface area contributed by atoms with E-state index in [4.69, 9.17) is 25.8 Å². The molecule has 0 radical (unpaired) electrons. The van der Waals surface area contributed by atoms with Gasteiger partial charge in [-0.3, -0.25) is 4.99 Å². The second-order valence-corrected chi connectivity index (χ2v) is 6.29. The van der Waals surface area contributed by atoms with Crippen LogP contribution in [0, 0.1) is 0 Å². The van der Waals surface area contributed by atoms with Crippen molar-refractivity contribution in [1.82, 2.24) is 10.2 Å². The molecule has 0 bridgehead atoms. The van der Waals surface area contributed by atoms with Crippen LogP contribution < -0.4 is 19.5 Å². The zero-order valence-electron chi connectivity index (χ0n) is 16.8. The molecule has 0 saturated carbocycles. The van der Waals surface area contributed by atoms with Gasteiger partial charge in [-0.15, -0.1) is 24.0 Å². The maximum absolute atomic E-state index is 6.26. The molecule has 0 amide bonds. The van der Waals surface area contributed by atoms with E-state index in [1.165, 1.54) is 0 Å². The lowest BCUT2D eigenvalue weighted by atomic mass is 10.1. The fourth-order valence-corrected chi connectivity index (χ4v) is 2.96. The number of nitrogens with one attached hydrogen (secondary N) is 1. The molecule has 8 heteroatoms. The lowest BCUT2D eigenvalue weighted by Gasteiger charge is -2.23. The molecule has 6 nitrogen and oxygen atoms in total. The van der Waals surface area contributed by atoms with Gasteiger partial charge in [0.25, 0.3) is 0 Å². The summed E-state index contributed by atoms with van der Waals surface area (Å²) in [5, 5.41) is 4.09. The molecule has 0 saturated heterocycles. The Hall–Kier alpha value is -1.87. The van der Waals surface area contributed by atoms with Gasteiger partial charge in [-0.05, 0) is 29.3 Å². The Balaban J connectivity index is 0.00000392. The van der Waals surface area contributed by atoms with Gasteiger partial charge in [0.05, 0.1) is 21.3 Å². The molecule has 0 spiro atoms. The van der Waals surface area contributed by atoms with Crippen molar-refractivity contribution >= 4 is 41.5 Å². The van der Waals surface area contributed by atoms with Crippen molar-refractivity contribution < 1.29 is 14.2 Å². The SMILES string of the molecule is CN=C(NCc1cc(OC)c(OC)c(OC)c1)N(C)Cc1ccccc1Cl.I. The summed E-state index contributed by atoms with van der Waals surface area (Å²) in [6.07, 6.45) is 0. The number of methoxy groups -OCH3 is 3. The predicted molar refractivity (Wildman–Crippen MR) is 125 cm³/mol. The van der Waals surface area contributed by atoms with Crippen LogP contribution in [0.2, 0.25) is 5.02 Å². The Labute approximate surface area is 188 Å². The van der Waals surface area contributed by atoms with Crippen LogP contribution in [0.3, 0.4) is 0 Å². The van der Waals surface area contributed by atoms with Crippen molar-refractivity contribution in [1.29, 1.82) is 0 Å². The molecule has 0 aliphatic rings. The number of nitrogens with zero attached hydrogens (tertiary/aromatic N) is 2. The minimum atomic E-state index is 0. The van der Waals surface area contributed by atoms with Crippen LogP contribution in [0.1, 0.15) is 11.1 Å². The Kier molecular flexibility index (Phi) is 10.2. The molecule has 28 heavy (non-hydrogen) atoms. The maximum Gasteiger partial charge on any atom is 0.203 e. The van der Waals surface area contributed by atoms with Gasteiger partial charge in [0.2, 0.25) is 5.75 Å². The van der Waals surface area contributed by atoms with E-state index in [0.29, 0.717) is 30.3 Å². The van der Waals surface area contributed by atoms with E-state index in [2.05, 4.69) is 10.3 Å². The number of benzene rings is 2. The van der Waals surface area contributed by atoms with Crippen LogP contribution in [0.15, 0.2) is 41.4 Å². The molecule has 0 fully saturated rings. The minimum absolute atomic E-state index is 0. The Morgan fingerprint density at radius 2 is 1.68 bits per heavy atom. The van der Waals surface area contributed by atoms with Crippen molar-refractivity contribution in [3.05, 3.63) is 52.5 Å². The molecule has 1 N–H and O–H groups in total. The van der Waals surface area contributed by atoms with Crippen LogP contribution >= 0.6 is 35.6 Å². The van der Waals surface area contributed by atoms with Crippen molar-refractivity contribution in [3.8, 4) is 17.2 Å². The Morgan fingerprint density at radius 1 is 1.07 bits per heavy atom. The third-order valence-electron chi connectivity index (χ3n) is 4.11. The third kappa shape index (κ3) is 6.07. The molecule has 0 aliphatic carbocycles. The van der Waals surface area contributed by atoms with Crippen molar-refractivity contribution in [3.63, 3.8) is 0 Å².